The maximum atomic E-state index is 12.3. The van der Waals surface area contributed by atoms with Crippen molar-refractivity contribution in [2.24, 2.45) is 11.1 Å². The molecule has 0 saturated heterocycles. The van der Waals surface area contributed by atoms with Gasteiger partial charge >= 0.3 is 0 Å². The molecule has 0 unspecified atom stereocenters. The molecule has 19 heavy (non-hydrogen) atoms. The van der Waals surface area contributed by atoms with Crippen LogP contribution < -0.4 is 11.1 Å². The van der Waals surface area contributed by atoms with Gasteiger partial charge in [-0.05, 0) is 24.8 Å². The van der Waals surface area contributed by atoms with Gasteiger partial charge in [0, 0.05) is 6.54 Å². The van der Waals surface area contributed by atoms with Crippen LogP contribution in [0.15, 0.2) is 30.3 Å². The maximum absolute atomic E-state index is 12.3. The van der Waals surface area contributed by atoms with E-state index in [1.54, 1.807) is 0 Å². The smallest absolute Gasteiger partial charge is 0.233 e. The molecule has 102 valence electrons. The molecular weight excluding hydrogens is 256 g/mol. The van der Waals surface area contributed by atoms with Crippen LogP contribution in [0.1, 0.15) is 31.2 Å². The van der Waals surface area contributed by atoms with E-state index in [0.29, 0.717) is 11.5 Å². The van der Waals surface area contributed by atoms with Crippen molar-refractivity contribution in [2.75, 3.05) is 6.54 Å². The van der Waals surface area contributed by atoms with Crippen LogP contribution in [0.3, 0.4) is 0 Å². The van der Waals surface area contributed by atoms with Crippen molar-refractivity contribution < 1.29 is 4.79 Å². The first-order valence-electron chi connectivity index (χ1n) is 6.77. The van der Waals surface area contributed by atoms with Crippen molar-refractivity contribution >= 4 is 23.1 Å². The monoisotopic (exact) mass is 276 g/mol. The highest BCUT2D eigenvalue weighted by Crippen LogP contribution is 2.38. The molecule has 0 aliphatic heterocycles. The molecule has 0 spiro atoms. The van der Waals surface area contributed by atoms with Crippen LogP contribution in [0.2, 0.25) is 0 Å². The molecule has 4 heteroatoms. The zero-order chi connectivity index (χ0) is 13.7. The van der Waals surface area contributed by atoms with Crippen molar-refractivity contribution in [1.29, 1.82) is 0 Å². The van der Waals surface area contributed by atoms with Crippen LogP contribution >= 0.6 is 12.2 Å². The first-order valence-corrected chi connectivity index (χ1v) is 7.18. The number of carbonyl (C=O) groups excluding carboxylic acids is 1. The summed E-state index contributed by atoms with van der Waals surface area (Å²) in [6, 6.07) is 10.1. The summed E-state index contributed by atoms with van der Waals surface area (Å²) in [6.07, 6.45) is 4.48. The van der Waals surface area contributed by atoms with Crippen LogP contribution in [-0.2, 0) is 11.2 Å². The second-order valence-corrected chi connectivity index (χ2v) is 5.58. The van der Waals surface area contributed by atoms with Gasteiger partial charge in [0.2, 0.25) is 5.91 Å². The lowest BCUT2D eigenvalue weighted by Crippen LogP contribution is -2.47. The average molecular weight is 276 g/mol. The molecule has 0 atom stereocenters. The highest BCUT2D eigenvalue weighted by atomic mass is 32.1. The Kier molecular flexibility index (Phi) is 4.53. The van der Waals surface area contributed by atoms with Crippen LogP contribution in [0.4, 0.5) is 0 Å². The minimum Gasteiger partial charge on any atom is -0.392 e. The number of carbonyl (C=O) groups is 1. The number of thiocarbonyl (C=S) groups is 1. The van der Waals surface area contributed by atoms with E-state index in [0.717, 1.165) is 32.1 Å². The van der Waals surface area contributed by atoms with Gasteiger partial charge in [-0.15, -0.1) is 0 Å². The molecule has 1 aliphatic rings. The summed E-state index contributed by atoms with van der Waals surface area (Å²) in [6.45, 7) is 0.632. The second kappa shape index (κ2) is 6.15. The summed E-state index contributed by atoms with van der Waals surface area (Å²) in [5, 5.41) is 2.99. The van der Waals surface area contributed by atoms with Gasteiger partial charge in [0.05, 0.1) is 10.4 Å². The van der Waals surface area contributed by atoms with Gasteiger partial charge in [-0.2, -0.15) is 0 Å². The molecule has 1 saturated carbocycles. The normalized spacial score (nSPS) is 17.1. The predicted molar refractivity (Wildman–Crippen MR) is 80.8 cm³/mol. The average Bonchev–Trinajstić information content (AvgIpc) is 2.90. The van der Waals surface area contributed by atoms with Gasteiger partial charge in [0.15, 0.2) is 0 Å². The SMILES string of the molecule is NC(=S)C1(C(=O)NCCc2ccccc2)CCCC1. The van der Waals surface area contributed by atoms with Gasteiger partial charge in [-0.1, -0.05) is 55.4 Å². The van der Waals surface area contributed by atoms with E-state index in [1.165, 1.54) is 5.56 Å². The lowest BCUT2D eigenvalue weighted by atomic mass is 9.85. The molecule has 0 radical (unpaired) electrons. The van der Waals surface area contributed by atoms with Crippen molar-refractivity contribution in [2.45, 2.75) is 32.1 Å². The summed E-state index contributed by atoms with van der Waals surface area (Å²) in [7, 11) is 0. The third-order valence-electron chi connectivity index (χ3n) is 3.91. The van der Waals surface area contributed by atoms with Gasteiger partial charge in [-0.25, -0.2) is 0 Å². The van der Waals surface area contributed by atoms with Crippen molar-refractivity contribution in [3.8, 4) is 0 Å². The molecule has 0 bridgehead atoms. The summed E-state index contributed by atoms with van der Waals surface area (Å²) in [5.41, 5.74) is 6.42. The van der Waals surface area contributed by atoms with E-state index < -0.39 is 5.41 Å². The minimum atomic E-state index is -0.591. The Bertz CT molecular complexity index is 452. The van der Waals surface area contributed by atoms with E-state index in [4.69, 9.17) is 18.0 Å². The van der Waals surface area contributed by atoms with Crippen LogP contribution in [0.25, 0.3) is 0 Å². The number of hydrogen-bond donors (Lipinski definition) is 2. The Morgan fingerprint density at radius 3 is 2.47 bits per heavy atom. The fourth-order valence-corrected chi connectivity index (χ4v) is 2.99. The number of rotatable bonds is 5. The highest BCUT2D eigenvalue weighted by molar-refractivity contribution is 7.80. The molecule has 0 heterocycles. The summed E-state index contributed by atoms with van der Waals surface area (Å²) in [5.74, 6) is 0.00781. The minimum absolute atomic E-state index is 0.00781. The van der Waals surface area contributed by atoms with Gasteiger partial charge in [0.25, 0.3) is 0 Å². The second-order valence-electron chi connectivity index (χ2n) is 5.14. The van der Waals surface area contributed by atoms with E-state index in [9.17, 15) is 4.79 Å². The molecule has 3 nitrogen and oxygen atoms in total. The van der Waals surface area contributed by atoms with E-state index in [-0.39, 0.29) is 5.91 Å². The third-order valence-corrected chi connectivity index (χ3v) is 4.30. The Morgan fingerprint density at radius 2 is 1.89 bits per heavy atom. The van der Waals surface area contributed by atoms with E-state index >= 15 is 0 Å². The molecule has 1 aliphatic carbocycles. The number of benzene rings is 1. The highest BCUT2D eigenvalue weighted by Gasteiger charge is 2.43. The number of amides is 1. The predicted octanol–water partition coefficient (Wildman–Crippen LogP) is 2.19. The van der Waals surface area contributed by atoms with Gasteiger partial charge < -0.3 is 11.1 Å². The zero-order valence-electron chi connectivity index (χ0n) is 11.0. The Morgan fingerprint density at radius 1 is 1.26 bits per heavy atom. The molecule has 1 fully saturated rings. The molecule has 1 aromatic carbocycles. The number of nitrogens with one attached hydrogen (secondary N) is 1. The van der Waals surface area contributed by atoms with E-state index in [2.05, 4.69) is 17.4 Å². The van der Waals surface area contributed by atoms with Crippen molar-refractivity contribution in [3.63, 3.8) is 0 Å². The topological polar surface area (TPSA) is 55.1 Å². The first-order chi connectivity index (χ1) is 9.15. The van der Waals surface area contributed by atoms with Crippen LogP contribution in [-0.4, -0.2) is 17.4 Å². The van der Waals surface area contributed by atoms with Gasteiger partial charge in [0.1, 0.15) is 0 Å². The molecular formula is C15H20N2OS. The molecule has 3 N–H and O–H groups in total. The Labute approximate surface area is 119 Å². The largest absolute Gasteiger partial charge is 0.392 e. The summed E-state index contributed by atoms with van der Waals surface area (Å²) < 4.78 is 0. The molecule has 1 amide bonds. The summed E-state index contributed by atoms with van der Waals surface area (Å²) >= 11 is 5.10. The Balaban J connectivity index is 1.88. The van der Waals surface area contributed by atoms with Crippen molar-refractivity contribution in [3.05, 3.63) is 35.9 Å². The van der Waals surface area contributed by atoms with Crippen LogP contribution in [0, 0.1) is 5.41 Å². The summed E-state index contributed by atoms with van der Waals surface area (Å²) in [4.78, 5) is 12.7. The number of hydrogen-bond acceptors (Lipinski definition) is 2. The third kappa shape index (κ3) is 3.13. The maximum Gasteiger partial charge on any atom is 0.233 e. The molecule has 2 rings (SSSR count). The van der Waals surface area contributed by atoms with Crippen molar-refractivity contribution in [1.82, 2.24) is 5.32 Å². The lowest BCUT2D eigenvalue weighted by Gasteiger charge is -2.26. The quantitative estimate of drug-likeness (QED) is 0.811. The van der Waals surface area contributed by atoms with E-state index in [1.807, 2.05) is 18.2 Å². The fraction of sp³-hybridized carbons (Fsp3) is 0.467. The number of nitrogens with two attached hydrogens (primary N) is 1. The Hall–Kier alpha value is -1.42. The first kappa shape index (κ1) is 14.0. The standard InChI is InChI=1S/C15H20N2OS/c16-13(19)15(9-4-5-10-15)14(18)17-11-8-12-6-2-1-3-7-12/h1-3,6-7H,4-5,8-11H2,(H2,16,19)(H,17,18). The van der Waals surface area contributed by atoms with Gasteiger partial charge in [-0.3, -0.25) is 4.79 Å². The van der Waals surface area contributed by atoms with Crippen LogP contribution in [0.5, 0.6) is 0 Å². The molecule has 1 aromatic rings. The fourth-order valence-electron chi connectivity index (χ4n) is 2.70. The lowest BCUT2D eigenvalue weighted by molar-refractivity contribution is -0.127. The zero-order valence-corrected chi connectivity index (χ0v) is 11.8. The molecule has 0 aromatic heterocycles.